The van der Waals surface area contributed by atoms with Gasteiger partial charge in [0.25, 0.3) is 0 Å². The fourth-order valence-corrected chi connectivity index (χ4v) is 2.11. The highest BCUT2D eigenvalue weighted by Crippen LogP contribution is 2.27. The van der Waals surface area contributed by atoms with E-state index in [1.807, 2.05) is 19.9 Å². The molecule has 0 N–H and O–H groups in total. The van der Waals surface area contributed by atoms with E-state index in [1.54, 1.807) is 6.07 Å². The van der Waals surface area contributed by atoms with Crippen LogP contribution in [0, 0.1) is 19.7 Å². The Morgan fingerprint density at radius 2 is 2.06 bits per heavy atom. The summed E-state index contributed by atoms with van der Waals surface area (Å²) in [6.07, 6.45) is 6.01. The van der Waals surface area contributed by atoms with Gasteiger partial charge in [-0.05, 0) is 55.4 Å². The number of hydrogen-bond acceptors (Lipinski definition) is 0. The third-order valence-electron chi connectivity index (χ3n) is 3.47. The van der Waals surface area contributed by atoms with Crippen molar-refractivity contribution in [3.05, 3.63) is 58.9 Å². The molecule has 0 amide bonds. The van der Waals surface area contributed by atoms with Crippen molar-refractivity contribution in [3.63, 3.8) is 0 Å². The number of rotatable bonds is 5. The normalized spacial score (nSPS) is 13.5. The van der Waals surface area contributed by atoms with Crippen LogP contribution in [0.1, 0.15) is 49.3 Å². The van der Waals surface area contributed by atoms with Crippen molar-refractivity contribution in [2.75, 3.05) is 0 Å². The van der Waals surface area contributed by atoms with Crippen LogP contribution in [0.2, 0.25) is 0 Å². The first-order valence-electron chi connectivity index (χ1n) is 6.57. The lowest BCUT2D eigenvalue weighted by Crippen LogP contribution is -1.99. The second-order valence-corrected chi connectivity index (χ2v) is 4.94. The molecule has 98 valence electrons. The Morgan fingerprint density at radius 1 is 1.39 bits per heavy atom. The lowest BCUT2D eigenvalue weighted by atomic mass is 9.91. The molecule has 0 heterocycles. The minimum absolute atomic E-state index is 0.100. The lowest BCUT2D eigenvalue weighted by molar-refractivity contribution is 0.610. The molecule has 0 spiro atoms. The van der Waals surface area contributed by atoms with Gasteiger partial charge in [0.1, 0.15) is 5.82 Å². The van der Waals surface area contributed by atoms with Crippen molar-refractivity contribution < 1.29 is 4.39 Å². The predicted octanol–water partition coefficient (Wildman–Crippen LogP) is 5.46. The van der Waals surface area contributed by atoms with Gasteiger partial charge in [0, 0.05) is 0 Å². The Balaban J connectivity index is 2.94. The van der Waals surface area contributed by atoms with Gasteiger partial charge in [0.15, 0.2) is 0 Å². The van der Waals surface area contributed by atoms with Gasteiger partial charge in [-0.2, -0.15) is 0 Å². The van der Waals surface area contributed by atoms with Gasteiger partial charge in [-0.25, -0.2) is 4.39 Å². The number of allylic oxidation sites excluding steroid dienone is 3. The van der Waals surface area contributed by atoms with Gasteiger partial charge in [0.05, 0.1) is 0 Å². The predicted molar refractivity (Wildman–Crippen MR) is 77.5 cm³/mol. The van der Waals surface area contributed by atoms with Gasteiger partial charge in [-0.15, -0.1) is 0 Å². The molecule has 0 saturated heterocycles. The maximum atomic E-state index is 13.7. The van der Waals surface area contributed by atoms with E-state index in [-0.39, 0.29) is 5.82 Å². The molecular weight excluding hydrogens is 223 g/mol. The van der Waals surface area contributed by atoms with Crippen LogP contribution in [0.4, 0.5) is 4.39 Å². The van der Waals surface area contributed by atoms with Gasteiger partial charge in [-0.1, -0.05) is 44.2 Å². The molecule has 1 unspecified atom stereocenters. The van der Waals surface area contributed by atoms with Crippen molar-refractivity contribution in [1.29, 1.82) is 0 Å². The van der Waals surface area contributed by atoms with Crippen molar-refractivity contribution in [3.8, 4) is 0 Å². The number of halogens is 1. The van der Waals surface area contributed by atoms with E-state index in [2.05, 4.69) is 32.6 Å². The SMILES string of the molecule is C=C/C(=C\CC)CC(C)c1cc(C)c(C)c(F)c1. The maximum absolute atomic E-state index is 13.7. The first-order valence-corrected chi connectivity index (χ1v) is 6.57. The molecule has 0 nitrogen and oxygen atoms in total. The average molecular weight is 246 g/mol. The molecule has 1 heteroatoms. The molecule has 1 atom stereocenters. The second-order valence-electron chi connectivity index (χ2n) is 4.94. The highest BCUT2D eigenvalue weighted by molar-refractivity contribution is 5.34. The summed E-state index contributed by atoms with van der Waals surface area (Å²) in [5.74, 6) is 0.214. The molecule has 18 heavy (non-hydrogen) atoms. The van der Waals surface area contributed by atoms with E-state index < -0.39 is 0 Å². The van der Waals surface area contributed by atoms with Crippen LogP contribution < -0.4 is 0 Å². The topological polar surface area (TPSA) is 0 Å². The smallest absolute Gasteiger partial charge is 0.126 e. The maximum Gasteiger partial charge on any atom is 0.126 e. The summed E-state index contributed by atoms with van der Waals surface area (Å²) >= 11 is 0. The van der Waals surface area contributed by atoms with Gasteiger partial charge < -0.3 is 0 Å². The summed E-state index contributed by atoms with van der Waals surface area (Å²) in [6, 6.07) is 3.76. The standard InChI is InChI=1S/C17H23F/c1-6-8-15(7-2)9-13(4)16-10-12(3)14(5)17(18)11-16/h7-8,10-11,13H,2,6,9H2,1,3-5H3/b15-8+. The molecule has 1 rings (SSSR count). The minimum atomic E-state index is -0.100. The molecule has 1 aromatic carbocycles. The second kappa shape index (κ2) is 6.53. The zero-order valence-corrected chi connectivity index (χ0v) is 11.9. The Hall–Kier alpha value is -1.37. The summed E-state index contributed by atoms with van der Waals surface area (Å²) in [5, 5.41) is 0. The quantitative estimate of drug-likeness (QED) is 0.605. The van der Waals surface area contributed by atoms with Crippen LogP contribution in [-0.2, 0) is 0 Å². The van der Waals surface area contributed by atoms with Crippen molar-refractivity contribution >= 4 is 0 Å². The third kappa shape index (κ3) is 3.56. The fourth-order valence-electron chi connectivity index (χ4n) is 2.11. The average Bonchev–Trinajstić information content (AvgIpc) is 2.34. The monoisotopic (exact) mass is 246 g/mol. The van der Waals surface area contributed by atoms with Gasteiger partial charge in [-0.3, -0.25) is 0 Å². The molecule has 0 aromatic heterocycles. The highest BCUT2D eigenvalue weighted by Gasteiger charge is 2.11. The van der Waals surface area contributed by atoms with E-state index >= 15 is 0 Å². The first-order chi connectivity index (χ1) is 8.49. The number of hydrogen-bond donors (Lipinski definition) is 0. The zero-order valence-electron chi connectivity index (χ0n) is 11.9. The Labute approximate surface area is 110 Å². The summed E-state index contributed by atoms with van der Waals surface area (Å²) < 4.78 is 13.7. The molecule has 0 aliphatic carbocycles. The van der Waals surface area contributed by atoms with Crippen molar-refractivity contribution in [1.82, 2.24) is 0 Å². The summed E-state index contributed by atoms with van der Waals surface area (Å²) in [6.45, 7) is 11.9. The molecule has 0 bridgehead atoms. The van der Waals surface area contributed by atoms with Crippen LogP contribution in [0.15, 0.2) is 36.4 Å². The summed E-state index contributed by atoms with van der Waals surface area (Å²) in [4.78, 5) is 0. The van der Waals surface area contributed by atoms with E-state index in [1.165, 1.54) is 5.57 Å². The van der Waals surface area contributed by atoms with Crippen LogP contribution in [-0.4, -0.2) is 0 Å². The largest absolute Gasteiger partial charge is 0.207 e. The van der Waals surface area contributed by atoms with Gasteiger partial charge >= 0.3 is 0 Å². The van der Waals surface area contributed by atoms with E-state index in [9.17, 15) is 4.39 Å². The van der Waals surface area contributed by atoms with Gasteiger partial charge in [0.2, 0.25) is 0 Å². The molecule has 0 aliphatic rings. The van der Waals surface area contributed by atoms with Crippen LogP contribution in [0.3, 0.4) is 0 Å². The van der Waals surface area contributed by atoms with Crippen LogP contribution in [0.25, 0.3) is 0 Å². The number of aryl methyl sites for hydroxylation is 1. The van der Waals surface area contributed by atoms with E-state index in [0.717, 1.165) is 29.5 Å². The summed E-state index contributed by atoms with van der Waals surface area (Å²) in [5.41, 5.74) is 4.08. The molecular formula is C17H23F. The Bertz CT molecular complexity index is 432. The van der Waals surface area contributed by atoms with Crippen LogP contribution in [0.5, 0.6) is 0 Å². The third-order valence-corrected chi connectivity index (χ3v) is 3.47. The summed E-state index contributed by atoms with van der Waals surface area (Å²) in [7, 11) is 0. The fraction of sp³-hybridized carbons (Fsp3) is 0.412. The number of benzene rings is 1. The first kappa shape index (κ1) is 14.7. The molecule has 0 fully saturated rings. The van der Waals surface area contributed by atoms with Crippen LogP contribution >= 0.6 is 0 Å². The van der Waals surface area contributed by atoms with Crippen molar-refractivity contribution in [2.45, 2.75) is 46.5 Å². The molecule has 1 aromatic rings. The van der Waals surface area contributed by atoms with Crippen molar-refractivity contribution in [2.24, 2.45) is 0 Å². The van der Waals surface area contributed by atoms with E-state index in [0.29, 0.717) is 5.92 Å². The minimum Gasteiger partial charge on any atom is -0.207 e. The zero-order chi connectivity index (χ0) is 13.7. The molecule has 0 aliphatic heterocycles. The molecule has 0 saturated carbocycles. The lowest BCUT2D eigenvalue weighted by Gasteiger charge is -2.15. The molecule has 0 radical (unpaired) electrons. The Morgan fingerprint density at radius 3 is 2.56 bits per heavy atom. The van der Waals surface area contributed by atoms with E-state index in [4.69, 9.17) is 0 Å². The highest BCUT2D eigenvalue weighted by atomic mass is 19.1. The Kier molecular flexibility index (Phi) is 5.33.